The molecule has 106 valence electrons. The van der Waals surface area contributed by atoms with E-state index in [0.29, 0.717) is 0 Å². The van der Waals surface area contributed by atoms with Crippen LogP contribution in [0.25, 0.3) is 0 Å². The van der Waals surface area contributed by atoms with Gasteiger partial charge in [0.1, 0.15) is 12.4 Å². The average Bonchev–Trinajstić information content (AvgIpc) is 2.42. The monoisotopic (exact) mass is 262 g/mol. The van der Waals surface area contributed by atoms with Gasteiger partial charge in [-0.05, 0) is 50.1 Å². The van der Waals surface area contributed by atoms with Crippen LogP contribution in [0.15, 0.2) is 24.3 Å². The highest BCUT2D eigenvalue weighted by Gasteiger charge is 2.15. The predicted molar refractivity (Wildman–Crippen MR) is 80.4 cm³/mol. The fourth-order valence-electron chi connectivity index (χ4n) is 2.79. The van der Waals surface area contributed by atoms with Crippen molar-refractivity contribution >= 4 is 5.69 Å². The Morgan fingerprint density at radius 2 is 1.84 bits per heavy atom. The number of nitrogen functional groups attached to an aromatic ring is 1. The van der Waals surface area contributed by atoms with E-state index in [9.17, 15) is 0 Å². The summed E-state index contributed by atoms with van der Waals surface area (Å²) in [6.45, 7) is 2.94. The summed E-state index contributed by atoms with van der Waals surface area (Å²) >= 11 is 0. The third-order valence-electron chi connectivity index (χ3n) is 3.92. The van der Waals surface area contributed by atoms with Crippen LogP contribution in [0.1, 0.15) is 32.1 Å². The van der Waals surface area contributed by atoms with Gasteiger partial charge in [0.25, 0.3) is 0 Å². The van der Waals surface area contributed by atoms with E-state index < -0.39 is 0 Å². The van der Waals surface area contributed by atoms with Gasteiger partial charge in [0.15, 0.2) is 0 Å². The van der Waals surface area contributed by atoms with Crippen LogP contribution in [0, 0.1) is 5.92 Å². The molecule has 0 aliphatic heterocycles. The first-order valence-corrected chi connectivity index (χ1v) is 7.41. The van der Waals surface area contributed by atoms with Crippen LogP contribution in [0.2, 0.25) is 0 Å². The molecule has 0 heterocycles. The molecule has 1 aromatic carbocycles. The van der Waals surface area contributed by atoms with Crippen molar-refractivity contribution in [3.8, 4) is 5.75 Å². The number of hydrogen-bond donors (Lipinski definition) is 1. The van der Waals surface area contributed by atoms with Crippen molar-refractivity contribution < 1.29 is 4.74 Å². The van der Waals surface area contributed by atoms with E-state index in [4.69, 9.17) is 10.5 Å². The maximum atomic E-state index is 5.72. The Morgan fingerprint density at radius 1 is 1.16 bits per heavy atom. The second-order valence-corrected chi connectivity index (χ2v) is 5.68. The zero-order valence-corrected chi connectivity index (χ0v) is 12.0. The van der Waals surface area contributed by atoms with Crippen LogP contribution >= 0.6 is 0 Å². The van der Waals surface area contributed by atoms with Crippen LogP contribution in [-0.2, 0) is 0 Å². The third kappa shape index (κ3) is 5.11. The Kier molecular flexibility index (Phi) is 5.52. The van der Waals surface area contributed by atoms with E-state index in [0.717, 1.165) is 30.5 Å². The van der Waals surface area contributed by atoms with Gasteiger partial charge in [-0.1, -0.05) is 19.3 Å². The summed E-state index contributed by atoms with van der Waals surface area (Å²) < 4.78 is 5.72. The van der Waals surface area contributed by atoms with Crippen LogP contribution in [0.3, 0.4) is 0 Å². The number of likely N-dealkylation sites (N-methyl/N-ethyl adjacent to an activating group) is 1. The number of ether oxygens (including phenoxy) is 1. The first kappa shape index (κ1) is 14.2. The lowest BCUT2D eigenvalue weighted by molar-refractivity contribution is 0.195. The van der Waals surface area contributed by atoms with Gasteiger partial charge in [0, 0.05) is 18.8 Å². The Bertz CT molecular complexity index is 358. The molecule has 19 heavy (non-hydrogen) atoms. The lowest BCUT2D eigenvalue weighted by atomic mass is 9.89. The molecule has 0 aromatic heterocycles. The largest absolute Gasteiger partial charge is 0.492 e. The molecule has 0 unspecified atom stereocenters. The Hall–Kier alpha value is -1.22. The molecule has 1 aliphatic rings. The topological polar surface area (TPSA) is 38.5 Å². The van der Waals surface area contributed by atoms with Crippen LogP contribution in [0.4, 0.5) is 5.69 Å². The summed E-state index contributed by atoms with van der Waals surface area (Å²) in [6, 6.07) is 7.61. The summed E-state index contributed by atoms with van der Waals surface area (Å²) in [5, 5.41) is 0. The minimum absolute atomic E-state index is 0.743. The number of rotatable bonds is 6. The number of nitrogens with zero attached hydrogens (tertiary/aromatic N) is 1. The lowest BCUT2D eigenvalue weighted by Crippen LogP contribution is -2.30. The molecule has 2 rings (SSSR count). The van der Waals surface area contributed by atoms with E-state index in [1.807, 2.05) is 24.3 Å². The van der Waals surface area contributed by atoms with Gasteiger partial charge in [-0.15, -0.1) is 0 Å². The van der Waals surface area contributed by atoms with Crippen molar-refractivity contribution in [1.29, 1.82) is 0 Å². The van der Waals surface area contributed by atoms with Crippen molar-refractivity contribution in [2.45, 2.75) is 32.1 Å². The van der Waals surface area contributed by atoms with Gasteiger partial charge in [-0.3, -0.25) is 0 Å². The molecule has 1 fully saturated rings. The van der Waals surface area contributed by atoms with Crippen molar-refractivity contribution in [3.63, 3.8) is 0 Å². The summed E-state index contributed by atoms with van der Waals surface area (Å²) in [6.07, 6.45) is 7.08. The molecule has 1 aromatic rings. The molecule has 0 spiro atoms. The van der Waals surface area contributed by atoms with Gasteiger partial charge in [-0.25, -0.2) is 0 Å². The molecule has 0 saturated heterocycles. The van der Waals surface area contributed by atoms with E-state index >= 15 is 0 Å². The van der Waals surface area contributed by atoms with Crippen molar-refractivity contribution in [2.75, 3.05) is 32.5 Å². The maximum absolute atomic E-state index is 5.72. The molecule has 3 nitrogen and oxygen atoms in total. The van der Waals surface area contributed by atoms with Gasteiger partial charge in [0.2, 0.25) is 0 Å². The zero-order chi connectivity index (χ0) is 13.5. The van der Waals surface area contributed by atoms with Crippen LogP contribution in [0.5, 0.6) is 5.75 Å². The summed E-state index contributed by atoms with van der Waals surface area (Å²) in [7, 11) is 2.20. The Balaban J connectivity index is 1.63. The fourth-order valence-corrected chi connectivity index (χ4v) is 2.79. The number of nitrogens with two attached hydrogens (primary N) is 1. The predicted octanol–water partition coefficient (Wildman–Crippen LogP) is 3.16. The van der Waals surface area contributed by atoms with Crippen molar-refractivity contribution in [1.82, 2.24) is 4.90 Å². The quantitative estimate of drug-likeness (QED) is 0.800. The Morgan fingerprint density at radius 3 is 2.53 bits per heavy atom. The number of benzene rings is 1. The van der Waals surface area contributed by atoms with E-state index in [1.165, 1.54) is 38.6 Å². The number of hydrogen-bond acceptors (Lipinski definition) is 3. The minimum atomic E-state index is 0.743. The maximum Gasteiger partial charge on any atom is 0.119 e. The summed E-state index contributed by atoms with van der Waals surface area (Å²) in [5.41, 5.74) is 6.42. The van der Waals surface area contributed by atoms with Crippen molar-refractivity contribution in [3.05, 3.63) is 24.3 Å². The highest BCUT2D eigenvalue weighted by atomic mass is 16.5. The Labute approximate surface area is 116 Å². The minimum Gasteiger partial charge on any atom is -0.492 e. The molecule has 2 N–H and O–H groups in total. The molecule has 3 heteroatoms. The van der Waals surface area contributed by atoms with Crippen LogP contribution in [-0.4, -0.2) is 31.6 Å². The van der Waals surface area contributed by atoms with E-state index in [-0.39, 0.29) is 0 Å². The standard InChI is InChI=1S/C16H26N2O/c1-18(13-14-5-3-2-4-6-14)11-12-19-16-9-7-15(17)8-10-16/h7-10,14H,2-6,11-13,17H2,1H3. The van der Waals surface area contributed by atoms with Crippen molar-refractivity contribution in [2.24, 2.45) is 5.92 Å². The molecular formula is C16H26N2O. The third-order valence-corrected chi connectivity index (χ3v) is 3.92. The van der Waals surface area contributed by atoms with Gasteiger partial charge >= 0.3 is 0 Å². The van der Waals surface area contributed by atoms with Crippen LogP contribution < -0.4 is 10.5 Å². The second-order valence-electron chi connectivity index (χ2n) is 5.68. The molecule has 1 saturated carbocycles. The first-order chi connectivity index (χ1) is 9.24. The first-order valence-electron chi connectivity index (χ1n) is 7.41. The molecular weight excluding hydrogens is 236 g/mol. The van der Waals surface area contributed by atoms with E-state index in [1.54, 1.807) is 0 Å². The smallest absolute Gasteiger partial charge is 0.119 e. The zero-order valence-electron chi connectivity index (χ0n) is 12.0. The fraction of sp³-hybridized carbons (Fsp3) is 0.625. The van der Waals surface area contributed by atoms with E-state index in [2.05, 4.69) is 11.9 Å². The molecule has 0 radical (unpaired) electrons. The van der Waals surface area contributed by atoms with Gasteiger partial charge in [-0.2, -0.15) is 0 Å². The molecule has 0 amide bonds. The normalized spacial score (nSPS) is 16.7. The molecule has 1 aliphatic carbocycles. The van der Waals surface area contributed by atoms with Gasteiger partial charge in [0.05, 0.1) is 0 Å². The highest BCUT2D eigenvalue weighted by Crippen LogP contribution is 2.24. The molecule has 0 atom stereocenters. The highest BCUT2D eigenvalue weighted by molar-refractivity contribution is 5.41. The second kappa shape index (κ2) is 7.39. The molecule has 0 bridgehead atoms. The number of anilines is 1. The summed E-state index contributed by atoms with van der Waals surface area (Å²) in [5.74, 6) is 1.80. The summed E-state index contributed by atoms with van der Waals surface area (Å²) in [4.78, 5) is 2.40. The van der Waals surface area contributed by atoms with Gasteiger partial charge < -0.3 is 15.4 Å². The average molecular weight is 262 g/mol. The SMILES string of the molecule is CN(CCOc1ccc(N)cc1)CC1CCCCC1. The lowest BCUT2D eigenvalue weighted by Gasteiger charge is -2.26.